The van der Waals surface area contributed by atoms with Gasteiger partial charge in [0.15, 0.2) is 0 Å². The van der Waals surface area contributed by atoms with Crippen molar-refractivity contribution >= 4 is 45.2 Å². The third-order valence-electron chi connectivity index (χ3n) is 8.92. The Kier molecular flexibility index (Phi) is 8.44. The quantitative estimate of drug-likeness (QED) is 0.115. The minimum Gasteiger partial charge on any atom is -0.333 e. The SMILES string of the molecule is N#Cc1cccc(-c2cc3c4ccc(-c5ccccc5)cc4c(-c4ccccc4C#N)cc3c3ccc(-c4ccccc4)cc23)c1.OS. The number of hydrogen-bond donors (Lipinski definition) is 2. The lowest BCUT2D eigenvalue weighted by molar-refractivity contribution is 0.679. The molecule has 226 valence electrons. The van der Waals surface area contributed by atoms with E-state index in [4.69, 9.17) is 4.55 Å². The van der Waals surface area contributed by atoms with E-state index in [2.05, 4.69) is 128 Å². The Balaban J connectivity index is 0.00000179. The lowest BCUT2D eigenvalue weighted by atomic mass is 9.85. The average molecular weight is 633 g/mol. The fraction of sp³-hybridized carbons (Fsp3) is 0. The van der Waals surface area contributed by atoms with Gasteiger partial charge in [-0.25, -0.2) is 0 Å². The molecule has 0 aliphatic carbocycles. The van der Waals surface area contributed by atoms with Crippen molar-refractivity contribution in [2.24, 2.45) is 0 Å². The second-order valence-electron chi connectivity index (χ2n) is 11.5. The number of nitriles is 2. The molecule has 0 aromatic heterocycles. The van der Waals surface area contributed by atoms with Gasteiger partial charge in [-0.15, -0.1) is 0 Å². The van der Waals surface area contributed by atoms with Gasteiger partial charge in [-0.3, -0.25) is 0 Å². The van der Waals surface area contributed by atoms with Crippen molar-refractivity contribution in [2.75, 3.05) is 0 Å². The van der Waals surface area contributed by atoms with E-state index in [-0.39, 0.29) is 0 Å². The highest BCUT2D eigenvalue weighted by Gasteiger charge is 2.18. The summed E-state index contributed by atoms with van der Waals surface area (Å²) in [6.07, 6.45) is 0. The summed E-state index contributed by atoms with van der Waals surface area (Å²) in [5.41, 5.74) is 9.86. The van der Waals surface area contributed by atoms with Crippen LogP contribution in [0.3, 0.4) is 0 Å². The van der Waals surface area contributed by atoms with Crippen LogP contribution >= 0.6 is 12.9 Å². The molecule has 0 heterocycles. The molecule has 3 nitrogen and oxygen atoms in total. The molecule has 0 spiro atoms. The summed E-state index contributed by atoms with van der Waals surface area (Å²) in [6.45, 7) is 0. The summed E-state index contributed by atoms with van der Waals surface area (Å²) in [4.78, 5) is 0. The van der Waals surface area contributed by atoms with Crippen molar-refractivity contribution in [3.05, 3.63) is 169 Å². The van der Waals surface area contributed by atoms with Crippen LogP contribution < -0.4 is 0 Å². The molecule has 0 atom stereocenters. The predicted octanol–water partition coefficient (Wildman–Crippen LogP) is 11.9. The van der Waals surface area contributed by atoms with Crippen LogP contribution in [0.5, 0.6) is 0 Å². The zero-order valence-electron chi connectivity index (χ0n) is 25.8. The molecule has 0 aliphatic heterocycles. The highest BCUT2D eigenvalue weighted by Crippen LogP contribution is 2.44. The number of benzene rings is 8. The third kappa shape index (κ3) is 5.46. The van der Waals surface area contributed by atoms with Gasteiger partial charge in [-0.1, -0.05) is 115 Å². The van der Waals surface area contributed by atoms with Gasteiger partial charge in [-0.2, -0.15) is 10.5 Å². The van der Waals surface area contributed by atoms with Crippen LogP contribution in [0.15, 0.2) is 158 Å². The second kappa shape index (κ2) is 13.3. The van der Waals surface area contributed by atoms with E-state index in [1.54, 1.807) is 0 Å². The van der Waals surface area contributed by atoms with Crippen LogP contribution in [0.4, 0.5) is 0 Å². The van der Waals surface area contributed by atoms with E-state index in [1.807, 2.05) is 54.6 Å². The summed E-state index contributed by atoms with van der Waals surface area (Å²) in [5.74, 6) is 0. The summed E-state index contributed by atoms with van der Waals surface area (Å²) < 4.78 is 6.69. The fourth-order valence-corrected chi connectivity index (χ4v) is 6.70. The molecule has 4 heteroatoms. The Morgan fingerprint density at radius 3 is 1.46 bits per heavy atom. The normalized spacial score (nSPS) is 10.7. The molecule has 0 saturated carbocycles. The predicted molar refractivity (Wildman–Crippen MR) is 202 cm³/mol. The molecule has 0 unspecified atom stereocenters. The molecule has 0 fully saturated rings. The fourth-order valence-electron chi connectivity index (χ4n) is 6.70. The van der Waals surface area contributed by atoms with Gasteiger partial charge in [0.25, 0.3) is 0 Å². The van der Waals surface area contributed by atoms with E-state index < -0.39 is 0 Å². The first-order valence-corrected chi connectivity index (χ1v) is 15.9. The van der Waals surface area contributed by atoms with Gasteiger partial charge in [-0.05, 0) is 127 Å². The standard InChI is InChI=1S/C44H26N2.H2OS/c45-27-29-10-9-16-34(22-29)39-25-43-38-21-19-33(31-13-5-2-6-14-31)24-41(38)42(36-17-8-7-15-35(36)28-46)26-44(43)37-20-18-32(23-40(37)39)30-11-3-1-4-12-30;1-2/h1-26H;1-2H. The Bertz CT molecular complexity index is 2550. The lowest BCUT2D eigenvalue weighted by Gasteiger charge is -2.18. The summed E-state index contributed by atoms with van der Waals surface area (Å²) >= 11 is 2.53. The Morgan fingerprint density at radius 1 is 0.354 bits per heavy atom. The minimum atomic E-state index is 0.630. The molecule has 8 aromatic rings. The van der Waals surface area contributed by atoms with E-state index in [1.165, 1.54) is 0 Å². The lowest BCUT2D eigenvalue weighted by Crippen LogP contribution is -1.92. The van der Waals surface area contributed by atoms with Crippen molar-refractivity contribution < 1.29 is 4.55 Å². The molecule has 8 aromatic carbocycles. The maximum absolute atomic E-state index is 10.1. The van der Waals surface area contributed by atoms with Crippen LogP contribution in [-0.2, 0) is 0 Å². The number of nitrogens with zero attached hydrogens (tertiary/aromatic N) is 2. The maximum Gasteiger partial charge on any atom is 0.0998 e. The first kappa shape index (κ1) is 30.5. The summed E-state index contributed by atoms with van der Waals surface area (Å²) in [6, 6.07) is 59.2. The van der Waals surface area contributed by atoms with Crippen LogP contribution in [0.25, 0.3) is 76.8 Å². The van der Waals surface area contributed by atoms with Gasteiger partial charge in [0.05, 0.1) is 23.3 Å². The van der Waals surface area contributed by atoms with Crippen molar-refractivity contribution in [2.45, 2.75) is 0 Å². The minimum absolute atomic E-state index is 0.630. The first-order valence-electron chi connectivity index (χ1n) is 15.5. The monoisotopic (exact) mass is 632 g/mol. The molecule has 0 aliphatic rings. The van der Waals surface area contributed by atoms with Crippen LogP contribution in [0.2, 0.25) is 0 Å². The maximum atomic E-state index is 10.1. The highest BCUT2D eigenvalue weighted by molar-refractivity contribution is 7.74. The van der Waals surface area contributed by atoms with Gasteiger partial charge in [0.2, 0.25) is 0 Å². The molecule has 8 rings (SSSR count). The van der Waals surface area contributed by atoms with Crippen LogP contribution in [0, 0.1) is 22.7 Å². The molecule has 1 N–H and O–H groups in total. The molecular formula is C44H28N2OS. The van der Waals surface area contributed by atoms with Gasteiger partial charge in [0.1, 0.15) is 0 Å². The van der Waals surface area contributed by atoms with Crippen LogP contribution in [-0.4, -0.2) is 4.55 Å². The first-order chi connectivity index (χ1) is 23.7. The zero-order valence-corrected chi connectivity index (χ0v) is 26.7. The third-order valence-corrected chi connectivity index (χ3v) is 8.92. The smallest absolute Gasteiger partial charge is 0.0998 e. The number of hydrogen-bond acceptors (Lipinski definition) is 4. The molecule has 0 radical (unpaired) electrons. The van der Waals surface area contributed by atoms with Gasteiger partial charge < -0.3 is 4.55 Å². The summed E-state index contributed by atoms with van der Waals surface area (Å²) in [7, 11) is 0. The zero-order chi connectivity index (χ0) is 33.0. The molecular weight excluding hydrogens is 605 g/mol. The molecule has 0 saturated heterocycles. The summed E-state index contributed by atoms with van der Waals surface area (Å²) in [5, 5.41) is 26.6. The van der Waals surface area contributed by atoms with E-state index >= 15 is 0 Å². The van der Waals surface area contributed by atoms with Gasteiger partial charge >= 0.3 is 0 Å². The Labute approximate surface area is 284 Å². The number of fused-ring (bicyclic) bond motifs is 5. The average Bonchev–Trinajstić information content (AvgIpc) is 3.18. The molecule has 0 bridgehead atoms. The van der Waals surface area contributed by atoms with Gasteiger partial charge in [0, 0.05) is 5.56 Å². The van der Waals surface area contributed by atoms with Crippen molar-refractivity contribution in [3.63, 3.8) is 0 Å². The largest absolute Gasteiger partial charge is 0.333 e. The number of thiol groups is 1. The molecule has 48 heavy (non-hydrogen) atoms. The van der Waals surface area contributed by atoms with Crippen molar-refractivity contribution in [3.8, 4) is 56.6 Å². The highest BCUT2D eigenvalue weighted by atomic mass is 32.1. The van der Waals surface area contributed by atoms with Crippen molar-refractivity contribution in [1.29, 1.82) is 10.5 Å². The van der Waals surface area contributed by atoms with E-state index in [0.717, 1.165) is 76.8 Å². The molecule has 0 amide bonds. The topological polar surface area (TPSA) is 67.8 Å². The van der Waals surface area contributed by atoms with Crippen LogP contribution in [0.1, 0.15) is 11.1 Å². The Morgan fingerprint density at radius 2 is 0.875 bits per heavy atom. The second-order valence-corrected chi connectivity index (χ2v) is 11.5. The van der Waals surface area contributed by atoms with E-state index in [0.29, 0.717) is 11.1 Å². The van der Waals surface area contributed by atoms with E-state index in [9.17, 15) is 10.5 Å². The van der Waals surface area contributed by atoms with Crippen molar-refractivity contribution in [1.82, 2.24) is 0 Å². The number of rotatable bonds is 4. The Hall–Kier alpha value is -6.17.